The molecule has 1 saturated carbocycles. The van der Waals surface area contributed by atoms with Crippen LogP contribution in [0.5, 0.6) is 5.75 Å². The Morgan fingerprint density at radius 2 is 1.71 bits per heavy atom. The average molecular weight is 387 g/mol. The molecule has 152 valence electrons. The average Bonchev–Trinajstić information content (AvgIpc) is 2.95. The van der Waals surface area contributed by atoms with E-state index in [1.54, 1.807) is 12.1 Å². The normalized spacial score (nSPS) is 18.8. The van der Waals surface area contributed by atoms with Gasteiger partial charge < -0.3 is 15.4 Å². The molecule has 2 aromatic carbocycles. The van der Waals surface area contributed by atoms with Gasteiger partial charge in [0.2, 0.25) is 0 Å². The molecular weight excluding hydrogens is 355 g/mol. The van der Waals surface area contributed by atoms with E-state index in [9.17, 15) is 9.18 Å². The lowest BCUT2D eigenvalue weighted by molar-refractivity contribution is 0.182. The maximum atomic E-state index is 13.0. The summed E-state index contributed by atoms with van der Waals surface area (Å²) in [6.45, 7) is 4.52. The van der Waals surface area contributed by atoms with E-state index in [4.69, 9.17) is 4.74 Å². The van der Waals surface area contributed by atoms with Gasteiger partial charge >= 0.3 is 6.03 Å². The molecule has 1 aliphatic carbocycles. The summed E-state index contributed by atoms with van der Waals surface area (Å²) in [5.41, 5.74) is 1.08. The van der Waals surface area contributed by atoms with Gasteiger partial charge in [-0.3, -0.25) is 0 Å². The standard InChI is InChI=1S/C21H25FN2O2.C2H6/c22-17-9-12-20(13-10-17)26-19-8-4-7-18(11-14-19)24-21(25)23-15-16-5-2-1-3-6-16;1-2/h1-3,5-6,9-10,12-13,18-19H,4,7-8,11,14-15H2,(H2,23,24,25);1-2H3. The zero-order chi connectivity index (χ0) is 20.2. The van der Waals surface area contributed by atoms with E-state index in [1.165, 1.54) is 12.1 Å². The van der Waals surface area contributed by atoms with Crippen LogP contribution in [0, 0.1) is 5.82 Å². The van der Waals surface area contributed by atoms with Crippen LogP contribution >= 0.6 is 0 Å². The molecule has 0 bridgehead atoms. The second-order valence-electron chi connectivity index (χ2n) is 6.71. The number of hydrogen-bond donors (Lipinski definition) is 2. The summed E-state index contributed by atoms with van der Waals surface area (Å²) in [5, 5.41) is 5.97. The minimum atomic E-state index is -0.260. The van der Waals surface area contributed by atoms with Gasteiger partial charge in [0.05, 0.1) is 6.10 Å². The van der Waals surface area contributed by atoms with Crippen LogP contribution in [0.2, 0.25) is 0 Å². The van der Waals surface area contributed by atoms with E-state index in [-0.39, 0.29) is 24.0 Å². The number of rotatable bonds is 5. The van der Waals surface area contributed by atoms with Crippen LogP contribution in [0.25, 0.3) is 0 Å². The van der Waals surface area contributed by atoms with Crippen molar-refractivity contribution in [1.29, 1.82) is 0 Å². The van der Waals surface area contributed by atoms with Crippen LogP contribution in [0.15, 0.2) is 54.6 Å². The third-order valence-corrected chi connectivity index (χ3v) is 4.66. The van der Waals surface area contributed by atoms with Crippen molar-refractivity contribution in [2.45, 2.75) is 64.6 Å². The first-order valence-corrected chi connectivity index (χ1v) is 10.2. The van der Waals surface area contributed by atoms with E-state index < -0.39 is 0 Å². The summed E-state index contributed by atoms with van der Waals surface area (Å²) in [6.07, 6.45) is 4.75. The maximum Gasteiger partial charge on any atom is 0.315 e. The number of hydrogen-bond acceptors (Lipinski definition) is 2. The first-order chi connectivity index (χ1) is 13.7. The maximum absolute atomic E-state index is 13.0. The van der Waals surface area contributed by atoms with E-state index in [0.717, 1.165) is 37.7 Å². The first-order valence-electron chi connectivity index (χ1n) is 10.2. The van der Waals surface area contributed by atoms with Crippen molar-refractivity contribution in [3.05, 3.63) is 66.0 Å². The highest BCUT2D eigenvalue weighted by atomic mass is 19.1. The lowest BCUT2D eigenvalue weighted by atomic mass is 10.1. The molecule has 5 heteroatoms. The molecule has 2 atom stereocenters. The minimum absolute atomic E-state index is 0.111. The molecule has 0 spiro atoms. The Hall–Kier alpha value is -2.56. The second kappa shape index (κ2) is 12.0. The highest BCUT2D eigenvalue weighted by Gasteiger charge is 2.21. The number of carbonyl (C=O) groups is 1. The lowest BCUT2D eigenvalue weighted by Crippen LogP contribution is -2.41. The van der Waals surface area contributed by atoms with E-state index in [2.05, 4.69) is 10.6 Å². The van der Waals surface area contributed by atoms with Crippen molar-refractivity contribution in [1.82, 2.24) is 10.6 Å². The van der Waals surface area contributed by atoms with E-state index in [0.29, 0.717) is 12.3 Å². The third-order valence-electron chi connectivity index (χ3n) is 4.66. The van der Waals surface area contributed by atoms with Crippen LogP contribution in [-0.2, 0) is 6.54 Å². The molecule has 0 aliphatic heterocycles. The van der Waals surface area contributed by atoms with Gasteiger partial charge in [-0.05, 0) is 61.9 Å². The van der Waals surface area contributed by atoms with Gasteiger partial charge in [-0.25, -0.2) is 9.18 Å². The van der Waals surface area contributed by atoms with Crippen LogP contribution in [0.3, 0.4) is 0 Å². The lowest BCUT2D eigenvalue weighted by Gasteiger charge is -2.18. The SMILES string of the molecule is CC.O=C(NCc1ccccc1)NC1CCCC(Oc2ccc(F)cc2)CC1. The van der Waals surface area contributed by atoms with E-state index >= 15 is 0 Å². The Morgan fingerprint density at radius 1 is 1.00 bits per heavy atom. The quantitative estimate of drug-likeness (QED) is 0.673. The van der Waals surface area contributed by atoms with Gasteiger partial charge in [0.1, 0.15) is 11.6 Å². The van der Waals surface area contributed by atoms with Crippen LogP contribution in [-0.4, -0.2) is 18.2 Å². The molecular formula is C23H31FN2O2. The molecule has 0 radical (unpaired) electrons. The summed E-state index contributed by atoms with van der Waals surface area (Å²) < 4.78 is 18.9. The van der Waals surface area contributed by atoms with Crippen molar-refractivity contribution >= 4 is 6.03 Å². The Labute approximate surface area is 167 Å². The molecule has 2 N–H and O–H groups in total. The Balaban J connectivity index is 0.00000136. The predicted molar refractivity (Wildman–Crippen MR) is 111 cm³/mol. The Kier molecular flexibility index (Phi) is 9.32. The smallest absolute Gasteiger partial charge is 0.315 e. The minimum Gasteiger partial charge on any atom is -0.490 e. The number of ether oxygens (including phenoxy) is 1. The molecule has 0 aromatic heterocycles. The molecule has 4 nitrogen and oxygen atoms in total. The van der Waals surface area contributed by atoms with Crippen LogP contribution in [0.1, 0.15) is 51.5 Å². The predicted octanol–water partition coefficient (Wildman–Crippen LogP) is 5.43. The summed E-state index contributed by atoms with van der Waals surface area (Å²) in [6, 6.07) is 16.0. The Morgan fingerprint density at radius 3 is 2.43 bits per heavy atom. The van der Waals surface area contributed by atoms with Gasteiger partial charge in [-0.2, -0.15) is 0 Å². The number of carbonyl (C=O) groups excluding carboxylic acids is 1. The number of urea groups is 1. The fourth-order valence-electron chi connectivity index (χ4n) is 3.25. The van der Waals surface area contributed by atoms with Crippen molar-refractivity contribution in [2.24, 2.45) is 0 Å². The molecule has 1 fully saturated rings. The van der Waals surface area contributed by atoms with Gasteiger partial charge in [0.25, 0.3) is 0 Å². The second-order valence-corrected chi connectivity index (χ2v) is 6.71. The summed E-state index contributed by atoms with van der Waals surface area (Å²) in [4.78, 5) is 12.1. The number of benzene rings is 2. The zero-order valence-corrected chi connectivity index (χ0v) is 16.8. The van der Waals surface area contributed by atoms with Crippen molar-refractivity contribution in [3.8, 4) is 5.75 Å². The molecule has 2 unspecified atom stereocenters. The molecule has 0 saturated heterocycles. The fourth-order valence-corrected chi connectivity index (χ4v) is 3.25. The van der Waals surface area contributed by atoms with Crippen molar-refractivity contribution < 1.29 is 13.9 Å². The van der Waals surface area contributed by atoms with E-state index in [1.807, 2.05) is 44.2 Å². The molecule has 2 amide bonds. The molecule has 3 rings (SSSR count). The van der Waals surface area contributed by atoms with Gasteiger partial charge in [-0.15, -0.1) is 0 Å². The number of nitrogens with one attached hydrogen (secondary N) is 2. The van der Waals surface area contributed by atoms with Gasteiger partial charge in [0.15, 0.2) is 0 Å². The van der Waals surface area contributed by atoms with Gasteiger partial charge in [-0.1, -0.05) is 44.2 Å². The first kappa shape index (κ1) is 21.7. The topological polar surface area (TPSA) is 50.4 Å². The molecule has 2 aromatic rings. The number of halogens is 1. The fraction of sp³-hybridized carbons (Fsp3) is 0.435. The summed E-state index contributed by atoms with van der Waals surface area (Å²) in [7, 11) is 0. The highest BCUT2D eigenvalue weighted by Crippen LogP contribution is 2.23. The molecule has 0 heterocycles. The van der Waals surface area contributed by atoms with Crippen molar-refractivity contribution in [2.75, 3.05) is 0 Å². The molecule has 28 heavy (non-hydrogen) atoms. The van der Waals surface area contributed by atoms with Gasteiger partial charge in [0, 0.05) is 12.6 Å². The van der Waals surface area contributed by atoms with Crippen LogP contribution < -0.4 is 15.4 Å². The Bertz CT molecular complexity index is 692. The largest absolute Gasteiger partial charge is 0.490 e. The molecule has 1 aliphatic rings. The van der Waals surface area contributed by atoms with Crippen molar-refractivity contribution in [3.63, 3.8) is 0 Å². The summed E-state index contributed by atoms with van der Waals surface area (Å²) in [5.74, 6) is 0.437. The monoisotopic (exact) mass is 386 g/mol. The third kappa shape index (κ3) is 7.59. The highest BCUT2D eigenvalue weighted by molar-refractivity contribution is 5.74. The number of amides is 2. The zero-order valence-electron chi connectivity index (χ0n) is 16.8. The van der Waals surface area contributed by atoms with Crippen LogP contribution in [0.4, 0.5) is 9.18 Å². The summed E-state index contributed by atoms with van der Waals surface area (Å²) >= 11 is 0.